The van der Waals surface area contributed by atoms with Gasteiger partial charge in [0.2, 0.25) is 11.8 Å². The minimum absolute atomic E-state index is 0.0368. The van der Waals surface area contributed by atoms with E-state index in [9.17, 15) is 18.0 Å². The van der Waals surface area contributed by atoms with Crippen molar-refractivity contribution < 1.29 is 18.0 Å². The van der Waals surface area contributed by atoms with Crippen LogP contribution in [0.2, 0.25) is 10.0 Å². The molecule has 0 fully saturated rings. The molecule has 0 aromatic heterocycles. The van der Waals surface area contributed by atoms with Gasteiger partial charge in [-0.1, -0.05) is 84.7 Å². The molecule has 2 amide bonds. The fourth-order valence-corrected chi connectivity index (χ4v) is 5.66. The zero-order chi connectivity index (χ0) is 30.2. The van der Waals surface area contributed by atoms with Crippen LogP contribution in [-0.2, 0) is 32.8 Å². The Bertz CT molecular complexity index is 1420. The van der Waals surface area contributed by atoms with Crippen molar-refractivity contribution >= 4 is 50.9 Å². The van der Waals surface area contributed by atoms with E-state index in [1.165, 1.54) is 19.0 Å². The summed E-state index contributed by atoms with van der Waals surface area (Å²) in [6.07, 6.45) is 0.912. The number of amides is 2. The summed E-state index contributed by atoms with van der Waals surface area (Å²) in [5.41, 5.74) is 1.74. The van der Waals surface area contributed by atoms with E-state index >= 15 is 0 Å². The van der Waals surface area contributed by atoms with Gasteiger partial charge in [0.25, 0.3) is 0 Å². The Hall–Kier alpha value is -3.11. The molecule has 3 aromatic carbocycles. The van der Waals surface area contributed by atoms with Crippen LogP contribution in [0, 0.1) is 0 Å². The predicted octanol–water partition coefficient (Wildman–Crippen LogP) is 5.16. The van der Waals surface area contributed by atoms with Crippen LogP contribution in [0.5, 0.6) is 0 Å². The molecule has 0 radical (unpaired) electrons. The maximum absolute atomic E-state index is 14.2. The quantitative estimate of drug-likeness (QED) is 0.286. The summed E-state index contributed by atoms with van der Waals surface area (Å²) >= 11 is 12.6. The Kier molecular flexibility index (Phi) is 11.6. The first-order valence-corrected chi connectivity index (χ1v) is 15.4. The molecule has 0 aliphatic rings. The number of halogens is 2. The Labute approximate surface area is 253 Å². The summed E-state index contributed by atoms with van der Waals surface area (Å²) in [4.78, 5) is 29.4. The molecule has 0 saturated heterocycles. The molecular weight excluding hydrogens is 583 g/mol. The van der Waals surface area contributed by atoms with Crippen LogP contribution in [0.15, 0.2) is 78.9 Å². The van der Waals surface area contributed by atoms with Crippen LogP contribution in [0.25, 0.3) is 0 Å². The highest BCUT2D eigenvalue weighted by Gasteiger charge is 2.35. The number of nitrogens with one attached hydrogen (secondary N) is 1. The standard InChI is InChI=1S/C30H36Cl2N4O4S/c1-5-22(2)33-30(38)28(18-23-12-8-6-9-13-23)35(20-24-16-17-25(31)19-27(24)32)29(37)21-36(41(39,40)34(3)4)26-14-10-7-11-15-26/h6-17,19,22,28H,5,18,20-21H2,1-4H3,(H,33,38)/t22-,28-/m0/s1. The summed E-state index contributed by atoms with van der Waals surface area (Å²) < 4.78 is 28.9. The molecule has 0 saturated carbocycles. The molecule has 3 rings (SSSR count). The minimum atomic E-state index is -4.06. The number of anilines is 1. The molecule has 0 bridgehead atoms. The summed E-state index contributed by atoms with van der Waals surface area (Å²) in [7, 11) is -1.26. The fraction of sp³-hybridized carbons (Fsp3) is 0.333. The second kappa shape index (κ2) is 14.7. The van der Waals surface area contributed by atoms with Gasteiger partial charge in [0.1, 0.15) is 12.6 Å². The van der Waals surface area contributed by atoms with Gasteiger partial charge in [0.15, 0.2) is 0 Å². The smallest absolute Gasteiger partial charge is 0.304 e. The normalized spacial score (nSPS) is 13.0. The number of hydrogen-bond donors (Lipinski definition) is 1. The van der Waals surface area contributed by atoms with Crippen molar-refractivity contribution in [3.05, 3.63) is 100 Å². The first kappa shape index (κ1) is 32.4. The monoisotopic (exact) mass is 618 g/mol. The van der Waals surface area contributed by atoms with Gasteiger partial charge in [-0.25, -0.2) is 4.31 Å². The highest BCUT2D eigenvalue weighted by molar-refractivity contribution is 7.90. The molecule has 11 heteroatoms. The van der Waals surface area contributed by atoms with Gasteiger partial charge in [-0.05, 0) is 48.7 Å². The molecule has 0 aliphatic carbocycles. The number of hydrogen-bond acceptors (Lipinski definition) is 4. The van der Waals surface area contributed by atoms with E-state index < -0.39 is 28.7 Å². The minimum Gasteiger partial charge on any atom is -0.352 e. The highest BCUT2D eigenvalue weighted by Crippen LogP contribution is 2.25. The Morgan fingerprint density at radius 3 is 2.10 bits per heavy atom. The third-order valence-corrected chi connectivity index (χ3v) is 9.10. The van der Waals surface area contributed by atoms with Gasteiger partial charge < -0.3 is 10.2 Å². The number of carbonyl (C=O) groups excluding carboxylic acids is 2. The second-order valence-corrected chi connectivity index (χ2v) is 12.8. The SMILES string of the molecule is CC[C@H](C)NC(=O)[C@H](Cc1ccccc1)N(Cc1ccc(Cl)cc1Cl)C(=O)CN(c1ccccc1)S(=O)(=O)N(C)C. The topological polar surface area (TPSA) is 90.0 Å². The average molecular weight is 620 g/mol. The number of carbonyl (C=O) groups is 2. The predicted molar refractivity (Wildman–Crippen MR) is 165 cm³/mol. The maximum Gasteiger partial charge on any atom is 0.304 e. The summed E-state index contributed by atoms with van der Waals surface area (Å²) in [5, 5.41) is 3.76. The van der Waals surface area contributed by atoms with E-state index in [2.05, 4.69) is 5.32 Å². The molecule has 0 aliphatic heterocycles. The van der Waals surface area contributed by atoms with E-state index in [0.717, 1.165) is 14.2 Å². The molecule has 220 valence electrons. The van der Waals surface area contributed by atoms with Gasteiger partial charge in [-0.2, -0.15) is 12.7 Å². The number of para-hydroxylation sites is 1. The van der Waals surface area contributed by atoms with Crippen LogP contribution < -0.4 is 9.62 Å². The third-order valence-electron chi connectivity index (χ3n) is 6.69. The maximum atomic E-state index is 14.2. The molecule has 2 atom stereocenters. The Balaban J connectivity index is 2.11. The van der Waals surface area contributed by atoms with Gasteiger partial charge >= 0.3 is 10.2 Å². The lowest BCUT2D eigenvalue weighted by molar-refractivity contribution is -0.140. The van der Waals surface area contributed by atoms with Crippen molar-refractivity contribution in [2.75, 3.05) is 24.9 Å². The van der Waals surface area contributed by atoms with Gasteiger partial charge in [-0.3, -0.25) is 9.59 Å². The highest BCUT2D eigenvalue weighted by atomic mass is 35.5. The van der Waals surface area contributed by atoms with Crippen LogP contribution >= 0.6 is 23.2 Å². The zero-order valence-electron chi connectivity index (χ0n) is 23.6. The van der Waals surface area contributed by atoms with E-state index in [0.29, 0.717) is 27.7 Å². The lowest BCUT2D eigenvalue weighted by atomic mass is 10.0. The summed E-state index contributed by atoms with van der Waals surface area (Å²) in [6, 6.07) is 21.6. The first-order chi connectivity index (χ1) is 19.4. The number of rotatable bonds is 13. The molecule has 1 N–H and O–H groups in total. The van der Waals surface area contributed by atoms with E-state index in [-0.39, 0.29) is 24.9 Å². The van der Waals surface area contributed by atoms with E-state index in [1.807, 2.05) is 44.2 Å². The fourth-order valence-electron chi connectivity index (χ4n) is 4.14. The van der Waals surface area contributed by atoms with Crippen LogP contribution in [-0.4, -0.2) is 62.2 Å². The van der Waals surface area contributed by atoms with E-state index in [4.69, 9.17) is 23.2 Å². The van der Waals surface area contributed by atoms with E-state index in [1.54, 1.807) is 48.5 Å². The van der Waals surface area contributed by atoms with Gasteiger partial charge in [-0.15, -0.1) is 0 Å². The van der Waals surface area contributed by atoms with Crippen molar-refractivity contribution in [3.8, 4) is 0 Å². The summed E-state index contributed by atoms with van der Waals surface area (Å²) in [6.45, 7) is 3.28. The van der Waals surface area contributed by atoms with Gasteiger partial charge in [0, 0.05) is 43.1 Å². The molecule has 41 heavy (non-hydrogen) atoms. The average Bonchev–Trinajstić information content (AvgIpc) is 2.95. The van der Waals surface area contributed by atoms with Gasteiger partial charge in [0.05, 0.1) is 5.69 Å². The lowest BCUT2D eigenvalue weighted by Gasteiger charge is -2.35. The summed E-state index contributed by atoms with van der Waals surface area (Å²) in [5.74, 6) is -0.908. The van der Waals surface area contributed by atoms with Crippen molar-refractivity contribution in [1.82, 2.24) is 14.5 Å². The van der Waals surface area contributed by atoms with Crippen molar-refractivity contribution in [3.63, 3.8) is 0 Å². The van der Waals surface area contributed by atoms with Crippen LogP contribution in [0.4, 0.5) is 5.69 Å². The number of nitrogens with zero attached hydrogens (tertiary/aromatic N) is 3. The lowest BCUT2D eigenvalue weighted by Crippen LogP contribution is -2.55. The first-order valence-electron chi connectivity index (χ1n) is 13.3. The third kappa shape index (κ3) is 8.69. The zero-order valence-corrected chi connectivity index (χ0v) is 26.0. The Morgan fingerprint density at radius 2 is 1.54 bits per heavy atom. The second-order valence-electron chi connectivity index (χ2n) is 9.91. The van der Waals surface area contributed by atoms with Crippen molar-refractivity contribution in [2.24, 2.45) is 0 Å². The molecule has 8 nitrogen and oxygen atoms in total. The van der Waals surface area contributed by atoms with Crippen molar-refractivity contribution in [2.45, 2.75) is 45.3 Å². The Morgan fingerprint density at radius 1 is 0.927 bits per heavy atom. The van der Waals surface area contributed by atoms with Crippen molar-refractivity contribution in [1.29, 1.82) is 0 Å². The molecule has 3 aromatic rings. The molecule has 0 unspecified atom stereocenters. The van der Waals surface area contributed by atoms with Crippen LogP contribution in [0.1, 0.15) is 31.4 Å². The molecule has 0 heterocycles. The largest absolute Gasteiger partial charge is 0.352 e. The number of benzene rings is 3. The molecular formula is C30H36Cl2N4O4S. The molecule has 0 spiro atoms. The van der Waals surface area contributed by atoms with Crippen LogP contribution in [0.3, 0.4) is 0 Å².